The summed E-state index contributed by atoms with van der Waals surface area (Å²) in [5.41, 5.74) is 6.56. The van der Waals surface area contributed by atoms with Gasteiger partial charge in [-0.05, 0) is 70.7 Å². The third-order valence-electron chi connectivity index (χ3n) is 4.12. The number of pyridine rings is 2. The zero-order valence-electron chi connectivity index (χ0n) is 16.0. The zero-order chi connectivity index (χ0) is 19.3. The molecule has 0 aromatic carbocycles. The zero-order valence-corrected chi connectivity index (χ0v) is 16.0. The molecular formula is C21H25F2N3. The van der Waals surface area contributed by atoms with Gasteiger partial charge in [-0.3, -0.25) is 9.97 Å². The van der Waals surface area contributed by atoms with Crippen molar-refractivity contribution < 1.29 is 8.78 Å². The number of halogens is 2. The summed E-state index contributed by atoms with van der Waals surface area (Å²) in [5, 5.41) is 3.40. The number of anilines is 1. The van der Waals surface area contributed by atoms with Crippen LogP contribution in [0.15, 0.2) is 47.4 Å². The van der Waals surface area contributed by atoms with Crippen LogP contribution in [-0.2, 0) is 6.42 Å². The maximum atomic E-state index is 13.8. The molecule has 2 heterocycles. The molecule has 0 spiro atoms. The van der Waals surface area contributed by atoms with E-state index in [1.807, 2.05) is 46.9 Å². The summed E-state index contributed by atoms with van der Waals surface area (Å²) in [6.45, 7) is 10.0. The van der Waals surface area contributed by atoms with E-state index < -0.39 is 11.6 Å². The Bertz CT molecular complexity index is 850. The number of allylic oxidation sites excluding steroid dienone is 4. The van der Waals surface area contributed by atoms with E-state index in [4.69, 9.17) is 0 Å². The quantitative estimate of drug-likeness (QED) is 0.678. The second kappa shape index (κ2) is 8.70. The third-order valence-corrected chi connectivity index (χ3v) is 4.12. The van der Waals surface area contributed by atoms with Crippen molar-refractivity contribution in [2.75, 3.05) is 5.32 Å². The summed E-state index contributed by atoms with van der Waals surface area (Å²) in [7, 11) is 0. The Morgan fingerprint density at radius 2 is 1.81 bits per heavy atom. The topological polar surface area (TPSA) is 37.8 Å². The number of aryl methyl sites for hydroxylation is 3. The average Bonchev–Trinajstić information content (AvgIpc) is 2.56. The van der Waals surface area contributed by atoms with Crippen LogP contribution in [0.25, 0.3) is 0 Å². The molecule has 0 aliphatic carbocycles. The molecule has 26 heavy (non-hydrogen) atoms. The molecule has 0 fully saturated rings. The summed E-state index contributed by atoms with van der Waals surface area (Å²) in [4.78, 5) is 8.14. The lowest BCUT2D eigenvalue weighted by atomic mass is 10.0. The first kappa shape index (κ1) is 19.8. The number of aromatic nitrogens is 2. The molecule has 5 heteroatoms. The normalized spacial score (nSPS) is 11.4. The molecule has 0 saturated heterocycles. The third kappa shape index (κ3) is 5.48. The Balaban J connectivity index is 2.13. The van der Waals surface area contributed by atoms with E-state index in [0.717, 1.165) is 46.1 Å². The van der Waals surface area contributed by atoms with E-state index in [-0.39, 0.29) is 5.69 Å². The van der Waals surface area contributed by atoms with E-state index in [9.17, 15) is 8.78 Å². The van der Waals surface area contributed by atoms with Crippen molar-refractivity contribution in [1.29, 1.82) is 0 Å². The number of rotatable bonds is 6. The molecule has 0 aliphatic heterocycles. The standard InChI is InChI=1S/C21H25F2N3/c1-13(2)17(6-7-20-19(23)10-18(22)12-25-20)8-16(5)26-21-9-15(4)24-11-14(21)3/h8-12H,6-7H2,1-5H3,(H,24,26)/b16-8-. The first-order valence-electron chi connectivity index (χ1n) is 8.61. The maximum Gasteiger partial charge on any atom is 0.147 e. The van der Waals surface area contributed by atoms with Gasteiger partial charge in [-0.2, -0.15) is 0 Å². The van der Waals surface area contributed by atoms with Crippen LogP contribution in [0.3, 0.4) is 0 Å². The summed E-state index contributed by atoms with van der Waals surface area (Å²) in [5.74, 6) is -1.25. The molecule has 0 aliphatic rings. The van der Waals surface area contributed by atoms with Gasteiger partial charge in [0.2, 0.25) is 0 Å². The van der Waals surface area contributed by atoms with Crippen LogP contribution < -0.4 is 5.32 Å². The summed E-state index contributed by atoms with van der Waals surface area (Å²) in [6.07, 6.45) is 6.01. The van der Waals surface area contributed by atoms with Crippen molar-refractivity contribution in [2.24, 2.45) is 0 Å². The molecule has 0 saturated carbocycles. The molecule has 0 amide bonds. The van der Waals surface area contributed by atoms with Crippen molar-refractivity contribution in [2.45, 2.75) is 47.5 Å². The van der Waals surface area contributed by atoms with Crippen molar-refractivity contribution in [3.05, 3.63) is 76.0 Å². The molecule has 0 unspecified atom stereocenters. The van der Waals surface area contributed by atoms with Crippen LogP contribution in [0, 0.1) is 25.5 Å². The van der Waals surface area contributed by atoms with E-state index in [0.29, 0.717) is 12.8 Å². The van der Waals surface area contributed by atoms with Gasteiger partial charge in [0, 0.05) is 29.3 Å². The van der Waals surface area contributed by atoms with Crippen molar-refractivity contribution in [3.63, 3.8) is 0 Å². The highest BCUT2D eigenvalue weighted by Crippen LogP contribution is 2.20. The van der Waals surface area contributed by atoms with Crippen LogP contribution in [-0.4, -0.2) is 9.97 Å². The summed E-state index contributed by atoms with van der Waals surface area (Å²) >= 11 is 0. The van der Waals surface area contributed by atoms with Gasteiger partial charge in [0.05, 0.1) is 11.9 Å². The Kier molecular flexibility index (Phi) is 6.61. The van der Waals surface area contributed by atoms with E-state index in [2.05, 4.69) is 21.4 Å². The lowest BCUT2D eigenvalue weighted by Gasteiger charge is -2.12. The first-order chi connectivity index (χ1) is 12.3. The monoisotopic (exact) mass is 357 g/mol. The Labute approximate surface area is 153 Å². The second-order valence-electron chi connectivity index (χ2n) is 6.70. The van der Waals surface area contributed by atoms with Gasteiger partial charge in [0.1, 0.15) is 11.6 Å². The summed E-state index contributed by atoms with van der Waals surface area (Å²) < 4.78 is 26.8. The Morgan fingerprint density at radius 1 is 1.08 bits per heavy atom. The minimum atomic E-state index is -0.656. The number of hydrogen-bond donors (Lipinski definition) is 1. The van der Waals surface area contributed by atoms with Crippen LogP contribution in [0.2, 0.25) is 0 Å². The molecule has 0 radical (unpaired) electrons. The second-order valence-corrected chi connectivity index (χ2v) is 6.70. The van der Waals surface area contributed by atoms with E-state index in [1.165, 1.54) is 0 Å². The van der Waals surface area contributed by atoms with Gasteiger partial charge in [-0.1, -0.05) is 5.57 Å². The highest BCUT2D eigenvalue weighted by Gasteiger charge is 2.08. The fourth-order valence-corrected chi connectivity index (χ4v) is 2.62. The molecule has 1 N–H and O–H groups in total. The minimum absolute atomic E-state index is 0.282. The van der Waals surface area contributed by atoms with Crippen molar-refractivity contribution in [1.82, 2.24) is 9.97 Å². The van der Waals surface area contributed by atoms with Gasteiger partial charge in [0.15, 0.2) is 0 Å². The predicted molar refractivity (Wildman–Crippen MR) is 102 cm³/mol. The van der Waals surface area contributed by atoms with E-state index >= 15 is 0 Å². The van der Waals surface area contributed by atoms with Crippen molar-refractivity contribution in [3.8, 4) is 0 Å². The molecule has 2 aromatic heterocycles. The number of nitrogens with one attached hydrogen (secondary N) is 1. The maximum absolute atomic E-state index is 13.8. The molecule has 138 valence electrons. The SMILES string of the molecule is CC(C)=C(/C=C(/C)Nc1cc(C)ncc1C)CCc1ncc(F)cc1F. The molecule has 2 aromatic rings. The van der Waals surface area contributed by atoms with Crippen LogP contribution in [0.5, 0.6) is 0 Å². The average molecular weight is 357 g/mol. The number of nitrogens with zero attached hydrogens (tertiary/aromatic N) is 2. The smallest absolute Gasteiger partial charge is 0.147 e. The Hall–Kier alpha value is -2.56. The van der Waals surface area contributed by atoms with Crippen LogP contribution >= 0.6 is 0 Å². The van der Waals surface area contributed by atoms with Crippen molar-refractivity contribution >= 4 is 5.69 Å². The van der Waals surface area contributed by atoms with E-state index in [1.54, 1.807) is 0 Å². The molecular weight excluding hydrogens is 332 g/mol. The largest absolute Gasteiger partial charge is 0.359 e. The van der Waals surface area contributed by atoms with Gasteiger partial charge in [-0.25, -0.2) is 8.78 Å². The lowest BCUT2D eigenvalue weighted by molar-refractivity contribution is 0.557. The molecule has 0 atom stereocenters. The highest BCUT2D eigenvalue weighted by atomic mass is 19.1. The predicted octanol–water partition coefficient (Wildman–Crippen LogP) is 5.66. The van der Waals surface area contributed by atoms with Gasteiger partial charge < -0.3 is 5.32 Å². The number of hydrogen-bond acceptors (Lipinski definition) is 3. The first-order valence-corrected chi connectivity index (χ1v) is 8.61. The van der Waals surface area contributed by atoms with Crippen LogP contribution in [0.1, 0.15) is 44.1 Å². The van der Waals surface area contributed by atoms with Gasteiger partial charge in [0.25, 0.3) is 0 Å². The molecule has 2 rings (SSSR count). The highest BCUT2D eigenvalue weighted by molar-refractivity contribution is 5.54. The fraction of sp³-hybridized carbons (Fsp3) is 0.333. The minimum Gasteiger partial charge on any atom is -0.359 e. The fourth-order valence-electron chi connectivity index (χ4n) is 2.62. The molecule has 0 bridgehead atoms. The Morgan fingerprint density at radius 3 is 2.46 bits per heavy atom. The van der Waals surface area contributed by atoms with Crippen LogP contribution in [0.4, 0.5) is 14.5 Å². The van der Waals surface area contributed by atoms with Gasteiger partial charge in [-0.15, -0.1) is 0 Å². The van der Waals surface area contributed by atoms with Gasteiger partial charge >= 0.3 is 0 Å². The lowest BCUT2D eigenvalue weighted by Crippen LogP contribution is -2.02. The summed E-state index contributed by atoms with van der Waals surface area (Å²) in [6, 6.07) is 2.88. The molecule has 3 nitrogen and oxygen atoms in total.